The van der Waals surface area contributed by atoms with Gasteiger partial charge in [-0.1, -0.05) is 182 Å². The second-order valence-electron chi connectivity index (χ2n) is 17.0. The summed E-state index contributed by atoms with van der Waals surface area (Å²) in [6.45, 7) is 3.72. The Labute approximate surface area is 389 Å². The number of aliphatic hydroxyl groups is 1. The molecular formula is C56H62O10. The normalized spacial score (nSPS) is 25.9. The van der Waals surface area contributed by atoms with Crippen molar-refractivity contribution in [1.82, 2.24) is 0 Å². The zero-order valence-corrected chi connectivity index (χ0v) is 37.7. The van der Waals surface area contributed by atoms with Gasteiger partial charge in [-0.25, -0.2) is 0 Å². The van der Waals surface area contributed by atoms with Gasteiger partial charge in [-0.2, -0.15) is 0 Å². The van der Waals surface area contributed by atoms with E-state index in [-0.39, 0.29) is 26.2 Å². The minimum atomic E-state index is -1.13. The van der Waals surface area contributed by atoms with E-state index in [1.54, 1.807) is 7.11 Å². The molecule has 2 fully saturated rings. The Hall–Kier alpha value is -5.08. The molecule has 6 aromatic carbocycles. The highest BCUT2D eigenvalue weighted by atomic mass is 16.7. The third kappa shape index (κ3) is 13.1. The molecule has 2 aliphatic heterocycles. The van der Waals surface area contributed by atoms with Crippen LogP contribution >= 0.6 is 0 Å². The highest BCUT2D eigenvalue weighted by Crippen LogP contribution is 2.37. The van der Waals surface area contributed by atoms with E-state index < -0.39 is 67.3 Å². The van der Waals surface area contributed by atoms with Gasteiger partial charge in [0.2, 0.25) is 0 Å². The molecule has 8 rings (SSSR count). The molecule has 2 saturated heterocycles. The van der Waals surface area contributed by atoms with Gasteiger partial charge in [0.1, 0.15) is 42.7 Å². The van der Waals surface area contributed by atoms with Gasteiger partial charge in [0.05, 0.1) is 58.0 Å². The SMILES string of the molecule is CO[C@H]1O[C@H](C[C@H](O)[C@H]2O[C@@H](C)[C@@H](OCc3ccccc3)[C@@H](OCc3ccccc3)[C@@H]2OCc2ccccc2)[C@@H](OCc2ccccc2)[C@H](OCc2ccccc2)[C@@H]1OCc1ccccc1. The van der Waals surface area contributed by atoms with Crippen LogP contribution in [0.2, 0.25) is 0 Å². The maximum atomic E-state index is 12.7. The van der Waals surface area contributed by atoms with Crippen molar-refractivity contribution >= 4 is 0 Å². The minimum Gasteiger partial charge on any atom is -0.390 e. The zero-order valence-electron chi connectivity index (χ0n) is 37.7. The van der Waals surface area contributed by atoms with E-state index in [4.69, 9.17) is 42.6 Å². The van der Waals surface area contributed by atoms with Crippen LogP contribution in [-0.2, 0) is 82.3 Å². The standard InChI is InChI=1S/C56H62O10/c1-40-49(59-34-41-21-9-3-10-22-41)52(61-36-43-25-13-5-14-26-43)53(62-37-44-27-15-6-16-28-44)50(65-40)47(57)33-48-51(60-35-42-23-11-4-12-24-42)54(63-38-45-29-17-7-18-30-45)55(56(58-2)66-48)64-39-46-31-19-8-20-32-46/h3-32,40,47-57H,33-39H2,1-2H3/t40-,47-,48+,49+,50+,51+,52+,53+,54-,55-,56-/m0/s1. The van der Waals surface area contributed by atoms with Gasteiger partial charge in [-0.05, 0) is 40.3 Å². The topological polar surface area (TPSA) is 103 Å². The average Bonchev–Trinajstić information content (AvgIpc) is 3.37. The summed E-state index contributed by atoms with van der Waals surface area (Å²) in [6.07, 6.45) is -8.04. The van der Waals surface area contributed by atoms with Crippen molar-refractivity contribution in [1.29, 1.82) is 0 Å². The molecule has 2 heterocycles. The Balaban J connectivity index is 1.11. The van der Waals surface area contributed by atoms with Crippen molar-refractivity contribution in [2.75, 3.05) is 7.11 Å². The fourth-order valence-electron chi connectivity index (χ4n) is 8.76. The predicted octanol–water partition coefficient (Wildman–Crippen LogP) is 9.41. The number of benzene rings is 6. The third-order valence-corrected chi connectivity index (χ3v) is 12.2. The third-order valence-electron chi connectivity index (χ3n) is 12.2. The molecule has 1 N–H and O–H groups in total. The maximum absolute atomic E-state index is 12.7. The first-order valence-electron chi connectivity index (χ1n) is 23.0. The molecule has 2 aliphatic rings. The molecule has 346 valence electrons. The van der Waals surface area contributed by atoms with Crippen molar-refractivity contribution in [3.8, 4) is 0 Å². The Morgan fingerprint density at radius 3 is 1.06 bits per heavy atom. The Bertz CT molecular complexity index is 2240. The van der Waals surface area contributed by atoms with Gasteiger partial charge in [0, 0.05) is 13.5 Å². The van der Waals surface area contributed by atoms with Crippen molar-refractivity contribution < 1.29 is 47.7 Å². The lowest BCUT2D eigenvalue weighted by Crippen LogP contribution is -2.64. The monoisotopic (exact) mass is 894 g/mol. The first kappa shape index (κ1) is 47.4. The van der Waals surface area contributed by atoms with Gasteiger partial charge < -0.3 is 47.7 Å². The summed E-state index contributed by atoms with van der Waals surface area (Å²) >= 11 is 0. The van der Waals surface area contributed by atoms with Crippen LogP contribution in [0.1, 0.15) is 46.7 Å². The molecular weight excluding hydrogens is 833 g/mol. The zero-order chi connectivity index (χ0) is 45.3. The molecule has 0 aliphatic carbocycles. The van der Waals surface area contributed by atoms with Crippen molar-refractivity contribution in [3.05, 3.63) is 215 Å². The minimum absolute atomic E-state index is 0.0828. The van der Waals surface area contributed by atoms with Crippen LogP contribution in [0.5, 0.6) is 0 Å². The molecule has 10 nitrogen and oxygen atoms in total. The molecule has 0 spiro atoms. The lowest BCUT2D eigenvalue weighted by Gasteiger charge is -2.49. The van der Waals surface area contributed by atoms with Gasteiger partial charge in [-0.15, -0.1) is 0 Å². The summed E-state index contributed by atoms with van der Waals surface area (Å²) in [6, 6.07) is 60.0. The van der Waals surface area contributed by atoms with Crippen LogP contribution in [0.3, 0.4) is 0 Å². The van der Waals surface area contributed by atoms with Gasteiger partial charge in [0.15, 0.2) is 6.29 Å². The highest BCUT2D eigenvalue weighted by molar-refractivity contribution is 5.18. The number of hydrogen-bond acceptors (Lipinski definition) is 10. The van der Waals surface area contributed by atoms with Crippen molar-refractivity contribution in [2.24, 2.45) is 0 Å². The second kappa shape index (κ2) is 24.6. The van der Waals surface area contributed by atoms with Crippen molar-refractivity contribution in [2.45, 2.75) is 120 Å². The van der Waals surface area contributed by atoms with Crippen LogP contribution in [-0.4, -0.2) is 79.5 Å². The second-order valence-corrected chi connectivity index (χ2v) is 17.0. The first-order chi connectivity index (χ1) is 32.5. The van der Waals surface area contributed by atoms with Crippen molar-refractivity contribution in [3.63, 3.8) is 0 Å². The molecule has 66 heavy (non-hydrogen) atoms. The molecule has 0 bridgehead atoms. The summed E-state index contributed by atoms with van der Waals surface area (Å²) in [5.74, 6) is 0. The Kier molecular flexibility index (Phi) is 17.7. The number of ether oxygens (including phenoxy) is 9. The molecule has 0 radical (unpaired) electrons. The quantitative estimate of drug-likeness (QED) is 0.0710. The number of aliphatic hydroxyl groups excluding tert-OH is 1. The Morgan fingerprint density at radius 1 is 0.394 bits per heavy atom. The van der Waals surface area contributed by atoms with Gasteiger partial charge in [0.25, 0.3) is 0 Å². The fourth-order valence-corrected chi connectivity index (χ4v) is 8.76. The summed E-state index contributed by atoms with van der Waals surface area (Å²) in [5.41, 5.74) is 5.96. The van der Waals surface area contributed by atoms with Gasteiger partial charge in [-0.3, -0.25) is 0 Å². The van der Waals surface area contributed by atoms with E-state index >= 15 is 0 Å². The summed E-state index contributed by atoms with van der Waals surface area (Å²) in [4.78, 5) is 0. The lowest BCUT2D eigenvalue weighted by atomic mass is 9.87. The van der Waals surface area contributed by atoms with E-state index in [0.717, 1.165) is 33.4 Å². The molecule has 10 heteroatoms. The smallest absolute Gasteiger partial charge is 0.186 e. The number of hydrogen-bond donors (Lipinski definition) is 1. The van der Waals surface area contributed by atoms with Crippen LogP contribution in [0.15, 0.2) is 182 Å². The number of methoxy groups -OCH3 is 1. The van der Waals surface area contributed by atoms with Gasteiger partial charge >= 0.3 is 0 Å². The van der Waals surface area contributed by atoms with E-state index in [0.29, 0.717) is 19.8 Å². The highest BCUT2D eigenvalue weighted by Gasteiger charge is 2.53. The Morgan fingerprint density at radius 2 is 0.697 bits per heavy atom. The van der Waals surface area contributed by atoms with Crippen LogP contribution in [0.25, 0.3) is 0 Å². The fraction of sp³-hybridized carbons (Fsp3) is 0.357. The summed E-state index contributed by atoms with van der Waals surface area (Å²) in [7, 11) is 1.60. The van der Waals surface area contributed by atoms with Crippen LogP contribution in [0.4, 0.5) is 0 Å². The van der Waals surface area contributed by atoms with E-state index in [1.165, 1.54) is 0 Å². The molecule has 0 unspecified atom stereocenters. The summed E-state index contributed by atoms with van der Waals surface area (Å²) < 4.78 is 60.7. The molecule has 0 aromatic heterocycles. The molecule has 0 saturated carbocycles. The van der Waals surface area contributed by atoms with Crippen LogP contribution < -0.4 is 0 Å². The van der Waals surface area contributed by atoms with E-state index in [1.807, 2.05) is 189 Å². The van der Waals surface area contributed by atoms with E-state index in [9.17, 15) is 5.11 Å². The largest absolute Gasteiger partial charge is 0.390 e. The molecule has 11 atom stereocenters. The molecule has 6 aromatic rings. The number of rotatable bonds is 22. The molecule has 0 amide bonds. The van der Waals surface area contributed by atoms with Crippen LogP contribution in [0, 0.1) is 0 Å². The van der Waals surface area contributed by atoms with E-state index in [2.05, 4.69) is 0 Å². The predicted molar refractivity (Wildman–Crippen MR) is 251 cm³/mol. The summed E-state index contributed by atoms with van der Waals surface area (Å²) in [5, 5.41) is 12.7. The first-order valence-corrected chi connectivity index (χ1v) is 23.0. The maximum Gasteiger partial charge on any atom is 0.186 e. The lowest BCUT2D eigenvalue weighted by molar-refractivity contribution is -0.325. The average molecular weight is 895 g/mol.